The maximum atomic E-state index is 6.01. The van der Waals surface area contributed by atoms with Crippen molar-refractivity contribution in [1.82, 2.24) is 9.97 Å². The number of benzene rings is 1. The molecule has 1 aromatic carbocycles. The highest BCUT2D eigenvalue weighted by molar-refractivity contribution is 5.75. The molecule has 1 fully saturated rings. The summed E-state index contributed by atoms with van der Waals surface area (Å²) in [5, 5.41) is 0. The first-order valence-electron chi connectivity index (χ1n) is 7.66. The lowest BCUT2D eigenvalue weighted by Crippen LogP contribution is -2.40. The minimum absolute atomic E-state index is 0.308. The first-order chi connectivity index (χ1) is 10.7. The van der Waals surface area contributed by atoms with Crippen LogP contribution < -0.4 is 15.4 Å². The molecule has 116 valence electrons. The van der Waals surface area contributed by atoms with Crippen molar-refractivity contribution >= 4 is 5.69 Å². The summed E-state index contributed by atoms with van der Waals surface area (Å²) in [6.07, 6.45) is 3.94. The van der Waals surface area contributed by atoms with E-state index in [-0.39, 0.29) is 0 Å². The Labute approximate surface area is 131 Å². The van der Waals surface area contributed by atoms with Gasteiger partial charge in [0.15, 0.2) is 0 Å². The first kappa shape index (κ1) is 14.8. The van der Waals surface area contributed by atoms with Crippen LogP contribution in [0.3, 0.4) is 0 Å². The van der Waals surface area contributed by atoms with Crippen molar-refractivity contribution in [2.75, 3.05) is 25.1 Å². The second-order valence-corrected chi connectivity index (χ2v) is 5.71. The number of anilines is 1. The maximum absolute atomic E-state index is 6.01. The molecule has 0 radical (unpaired) electrons. The topological polar surface area (TPSA) is 64.3 Å². The van der Waals surface area contributed by atoms with Crippen LogP contribution in [0.1, 0.15) is 18.7 Å². The second-order valence-electron chi connectivity index (χ2n) is 5.71. The molecule has 0 amide bonds. The molecule has 2 aromatic rings. The molecular weight excluding hydrogens is 276 g/mol. The van der Waals surface area contributed by atoms with E-state index in [2.05, 4.69) is 20.9 Å². The smallest absolute Gasteiger partial charge is 0.126 e. The molecule has 1 aromatic heterocycles. The fourth-order valence-corrected chi connectivity index (χ4v) is 2.82. The molecule has 0 aliphatic carbocycles. The molecule has 5 heteroatoms. The number of hydrogen-bond acceptors (Lipinski definition) is 5. The fourth-order valence-electron chi connectivity index (χ4n) is 2.82. The van der Waals surface area contributed by atoms with E-state index in [1.165, 1.54) is 0 Å². The highest BCUT2D eigenvalue weighted by Crippen LogP contribution is 2.32. The quantitative estimate of drug-likeness (QED) is 0.942. The van der Waals surface area contributed by atoms with Crippen LogP contribution in [0.15, 0.2) is 30.5 Å². The van der Waals surface area contributed by atoms with Crippen molar-refractivity contribution in [2.24, 2.45) is 5.73 Å². The van der Waals surface area contributed by atoms with Gasteiger partial charge in [0.05, 0.1) is 24.7 Å². The van der Waals surface area contributed by atoms with Gasteiger partial charge in [0.1, 0.15) is 11.6 Å². The van der Waals surface area contributed by atoms with E-state index in [9.17, 15) is 0 Å². The Kier molecular flexibility index (Phi) is 4.24. The van der Waals surface area contributed by atoms with Crippen molar-refractivity contribution in [1.29, 1.82) is 0 Å². The van der Waals surface area contributed by atoms with E-state index >= 15 is 0 Å². The molecule has 3 rings (SSSR count). The zero-order valence-electron chi connectivity index (χ0n) is 13.1. The number of hydrogen-bond donors (Lipinski definition) is 1. The molecule has 2 heterocycles. The van der Waals surface area contributed by atoms with Crippen molar-refractivity contribution in [3.8, 4) is 17.0 Å². The van der Waals surface area contributed by atoms with Crippen LogP contribution in [-0.4, -0.2) is 36.2 Å². The molecule has 1 aliphatic heterocycles. The van der Waals surface area contributed by atoms with Crippen molar-refractivity contribution in [3.05, 3.63) is 36.3 Å². The minimum Gasteiger partial charge on any atom is -0.497 e. The Morgan fingerprint density at radius 2 is 2.05 bits per heavy atom. The van der Waals surface area contributed by atoms with Crippen LogP contribution in [0.25, 0.3) is 11.3 Å². The standard InChI is InChI=1S/C17H22N4O/c1-12-19-11-16(21-8-6-14(18)7-9-21)17(20-12)13-4-3-5-15(10-13)22-2/h3-5,10-11,14H,6-9,18H2,1-2H3. The number of methoxy groups -OCH3 is 1. The minimum atomic E-state index is 0.308. The molecule has 2 N–H and O–H groups in total. The lowest BCUT2D eigenvalue weighted by molar-refractivity contribution is 0.415. The lowest BCUT2D eigenvalue weighted by Gasteiger charge is -2.32. The van der Waals surface area contributed by atoms with Crippen molar-refractivity contribution in [3.63, 3.8) is 0 Å². The molecule has 0 spiro atoms. The second kappa shape index (κ2) is 6.32. The normalized spacial score (nSPS) is 15.9. The number of nitrogens with two attached hydrogens (primary N) is 1. The summed E-state index contributed by atoms with van der Waals surface area (Å²) in [6.45, 7) is 3.81. The van der Waals surface area contributed by atoms with E-state index < -0.39 is 0 Å². The van der Waals surface area contributed by atoms with Crippen LogP contribution >= 0.6 is 0 Å². The maximum Gasteiger partial charge on any atom is 0.126 e. The van der Waals surface area contributed by atoms with Crippen LogP contribution in [0.2, 0.25) is 0 Å². The van der Waals surface area contributed by atoms with Gasteiger partial charge < -0.3 is 15.4 Å². The molecule has 0 unspecified atom stereocenters. The summed E-state index contributed by atoms with van der Waals surface area (Å²) in [7, 11) is 1.68. The van der Waals surface area contributed by atoms with E-state index in [4.69, 9.17) is 10.5 Å². The molecule has 1 aliphatic rings. The lowest BCUT2D eigenvalue weighted by atomic mass is 10.0. The fraction of sp³-hybridized carbons (Fsp3) is 0.412. The number of piperidine rings is 1. The third-order valence-electron chi connectivity index (χ3n) is 4.11. The SMILES string of the molecule is COc1cccc(-c2nc(C)ncc2N2CCC(N)CC2)c1. The van der Waals surface area contributed by atoms with E-state index in [0.717, 1.165) is 54.4 Å². The Balaban J connectivity index is 2.00. The molecule has 0 bridgehead atoms. The van der Waals surface area contributed by atoms with Crippen LogP contribution in [0.4, 0.5) is 5.69 Å². The molecule has 1 saturated heterocycles. The molecule has 0 atom stereocenters. The number of rotatable bonds is 3. The van der Waals surface area contributed by atoms with E-state index in [0.29, 0.717) is 6.04 Å². The third kappa shape index (κ3) is 3.04. The number of ether oxygens (including phenoxy) is 1. The van der Waals surface area contributed by atoms with E-state index in [1.807, 2.05) is 31.3 Å². The Morgan fingerprint density at radius 3 is 2.77 bits per heavy atom. The van der Waals surface area contributed by atoms with Gasteiger partial charge in [-0.15, -0.1) is 0 Å². The first-order valence-corrected chi connectivity index (χ1v) is 7.66. The zero-order valence-corrected chi connectivity index (χ0v) is 13.1. The van der Waals surface area contributed by atoms with Gasteiger partial charge in [-0.05, 0) is 31.9 Å². The van der Waals surface area contributed by atoms with Crippen LogP contribution in [0, 0.1) is 6.92 Å². The molecule has 22 heavy (non-hydrogen) atoms. The molecule has 5 nitrogen and oxygen atoms in total. The van der Waals surface area contributed by atoms with Crippen molar-refractivity contribution < 1.29 is 4.74 Å². The van der Waals surface area contributed by atoms with Gasteiger partial charge in [-0.3, -0.25) is 0 Å². The summed E-state index contributed by atoms with van der Waals surface area (Å²) in [5.41, 5.74) is 9.10. The summed E-state index contributed by atoms with van der Waals surface area (Å²) in [5.74, 6) is 1.61. The van der Waals surface area contributed by atoms with Crippen LogP contribution in [0.5, 0.6) is 5.75 Å². The average Bonchev–Trinajstić information content (AvgIpc) is 2.56. The molecule has 0 saturated carbocycles. The third-order valence-corrected chi connectivity index (χ3v) is 4.11. The van der Waals surface area contributed by atoms with Gasteiger partial charge in [0.2, 0.25) is 0 Å². The monoisotopic (exact) mass is 298 g/mol. The van der Waals surface area contributed by atoms with Gasteiger partial charge in [-0.25, -0.2) is 9.97 Å². The Hall–Kier alpha value is -2.14. The Bertz CT molecular complexity index is 651. The van der Waals surface area contributed by atoms with Crippen LogP contribution in [-0.2, 0) is 0 Å². The summed E-state index contributed by atoms with van der Waals surface area (Å²) >= 11 is 0. The number of aryl methyl sites for hydroxylation is 1. The van der Waals surface area contributed by atoms with E-state index in [1.54, 1.807) is 7.11 Å². The summed E-state index contributed by atoms with van der Waals surface area (Å²) < 4.78 is 5.33. The highest BCUT2D eigenvalue weighted by Gasteiger charge is 2.20. The zero-order chi connectivity index (χ0) is 15.5. The largest absolute Gasteiger partial charge is 0.497 e. The summed E-state index contributed by atoms with van der Waals surface area (Å²) in [4.78, 5) is 11.4. The summed E-state index contributed by atoms with van der Waals surface area (Å²) in [6, 6.07) is 8.31. The Morgan fingerprint density at radius 1 is 1.27 bits per heavy atom. The van der Waals surface area contributed by atoms with Gasteiger partial charge in [0.25, 0.3) is 0 Å². The predicted molar refractivity (Wildman–Crippen MR) is 88.2 cm³/mol. The van der Waals surface area contributed by atoms with Crippen molar-refractivity contribution in [2.45, 2.75) is 25.8 Å². The highest BCUT2D eigenvalue weighted by atomic mass is 16.5. The number of aromatic nitrogens is 2. The van der Waals surface area contributed by atoms with Gasteiger partial charge in [-0.2, -0.15) is 0 Å². The van der Waals surface area contributed by atoms with Gasteiger partial charge >= 0.3 is 0 Å². The predicted octanol–water partition coefficient (Wildman–Crippen LogP) is 2.39. The molecular formula is C17H22N4O. The average molecular weight is 298 g/mol. The number of nitrogens with zero attached hydrogens (tertiary/aromatic N) is 3. The van der Waals surface area contributed by atoms with Gasteiger partial charge in [-0.1, -0.05) is 12.1 Å². The van der Waals surface area contributed by atoms with Gasteiger partial charge in [0, 0.05) is 24.7 Å².